The van der Waals surface area contributed by atoms with E-state index in [0.29, 0.717) is 12.5 Å². The molecule has 0 rings (SSSR count). The lowest BCUT2D eigenvalue weighted by molar-refractivity contribution is -0.143. The van der Waals surface area contributed by atoms with Crippen molar-refractivity contribution in [2.45, 2.75) is 18.9 Å². The lowest BCUT2D eigenvalue weighted by atomic mass is 10.2. The van der Waals surface area contributed by atoms with E-state index in [-0.39, 0.29) is 6.42 Å². The maximum atomic E-state index is 11.0. The van der Waals surface area contributed by atoms with Crippen molar-refractivity contribution in [3.05, 3.63) is 24.8 Å². The second-order valence-electron chi connectivity index (χ2n) is 2.66. The highest BCUT2D eigenvalue weighted by molar-refractivity contribution is 5.90. The van der Waals surface area contributed by atoms with E-state index < -0.39 is 18.0 Å². The first kappa shape index (κ1) is 13.0. The molecule has 0 aromatic carbocycles. The van der Waals surface area contributed by atoms with E-state index in [1.54, 1.807) is 6.08 Å². The molecule has 4 heteroatoms. The van der Waals surface area contributed by atoms with Crippen molar-refractivity contribution < 1.29 is 19.4 Å². The maximum Gasteiger partial charge on any atom is 0.331 e. The van der Waals surface area contributed by atoms with E-state index in [1.807, 2.05) is 0 Å². The molecule has 0 aliphatic carbocycles. The van der Waals surface area contributed by atoms with Gasteiger partial charge in [0.2, 0.25) is 0 Å². The zero-order chi connectivity index (χ0) is 11.7. The average Bonchev–Trinajstić information content (AvgIpc) is 2.15. The van der Waals surface area contributed by atoms with Crippen LogP contribution in [0, 0.1) is 12.3 Å². The molecule has 0 amide bonds. The lowest BCUT2D eigenvalue weighted by Gasteiger charge is -2.11. The van der Waals surface area contributed by atoms with Gasteiger partial charge in [0.15, 0.2) is 0 Å². The summed E-state index contributed by atoms with van der Waals surface area (Å²) in [5.74, 6) is 0.430. The number of aliphatic carboxylic acids is 1. The van der Waals surface area contributed by atoms with Crippen molar-refractivity contribution >= 4 is 11.9 Å². The number of ether oxygens (including phenoxy) is 1. The number of carboxylic acids is 1. The SMILES string of the molecule is C#CCC(CC=C)OC(=O)/C=C\C(=O)O. The fourth-order valence-corrected chi connectivity index (χ4v) is 0.833. The summed E-state index contributed by atoms with van der Waals surface area (Å²) in [4.78, 5) is 21.1. The Hall–Kier alpha value is -2.02. The van der Waals surface area contributed by atoms with Gasteiger partial charge in [0, 0.05) is 25.0 Å². The van der Waals surface area contributed by atoms with Crippen LogP contribution in [0.2, 0.25) is 0 Å². The van der Waals surface area contributed by atoms with Gasteiger partial charge in [0.1, 0.15) is 6.10 Å². The number of hydrogen-bond acceptors (Lipinski definition) is 3. The van der Waals surface area contributed by atoms with Crippen molar-refractivity contribution in [3.63, 3.8) is 0 Å². The molecule has 0 bridgehead atoms. The molecule has 0 saturated carbocycles. The number of rotatable bonds is 6. The van der Waals surface area contributed by atoms with Crippen LogP contribution in [0.3, 0.4) is 0 Å². The Morgan fingerprint density at radius 1 is 1.53 bits per heavy atom. The molecule has 0 radical (unpaired) electrons. The van der Waals surface area contributed by atoms with Gasteiger partial charge in [0.25, 0.3) is 0 Å². The van der Waals surface area contributed by atoms with Gasteiger partial charge in [-0.2, -0.15) is 0 Å². The first-order chi connectivity index (χ1) is 7.10. The van der Waals surface area contributed by atoms with Crippen LogP contribution in [0.25, 0.3) is 0 Å². The summed E-state index contributed by atoms with van der Waals surface area (Å²) < 4.78 is 4.88. The Bertz CT molecular complexity index is 309. The monoisotopic (exact) mass is 208 g/mol. The summed E-state index contributed by atoms with van der Waals surface area (Å²) in [7, 11) is 0. The minimum atomic E-state index is -1.20. The minimum Gasteiger partial charge on any atom is -0.478 e. The zero-order valence-corrected chi connectivity index (χ0v) is 8.18. The fraction of sp³-hybridized carbons (Fsp3) is 0.273. The molecule has 0 fully saturated rings. The molecule has 1 N–H and O–H groups in total. The average molecular weight is 208 g/mol. The highest BCUT2D eigenvalue weighted by Gasteiger charge is 2.09. The minimum absolute atomic E-state index is 0.276. The molecule has 1 unspecified atom stereocenters. The quantitative estimate of drug-likeness (QED) is 0.307. The Balaban J connectivity index is 4.16. The predicted octanol–water partition coefficient (Wildman–Crippen LogP) is 1.14. The number of carbonyl (C=O) groups excluding carboxylic acids is 1. The molecule has 80 valence electrons. The van der Waals surface area contributed by atoms with E-state index in [1.165, 1.54) is 0 Å². The summed E-state index contributed by atoms with van der Waals surface area (Å²) in [6.07, 6.45) is 8.48. The second-order valence-corrected chi connectivity index (χ2v) is 2.66. The van der Waals surface area contributed by atoms with Crippen LogP contribution >= 0.6 is 0 Å². The summed E-state index contributed by atoms with van der Waals surface area (Å²) in [5, 5.41) is 8.26. The van der Waals surface area contributed by atoms with Gasteiger partial charge in [-0.1, -0.05) is 6.08 Å². The van der Waals surface area contributed by atoms with E-state index in [9.17, 15) is 9.59 Å². The standard InChI is InChI=1S/C11H12O4/c1-3-5-9(6-4-2)15-11(14)8-7-10(12)13/h1,4,7-9H,2,5-6H2,(H,12,13)/b8-7-. The maximum absolute atomic E-state index is 11.0. The number of carbonyl (C=O) groups is 2. The van der Waals surface area contributed by atoms with Crippen molar-refractivity contribution in [1.82, 2.24) is 0 Å². The second kappa shape index (κ2) is 7.39. The number of esters is 1. The molecule has 15 heavy (non-hydrogen) atoms. The fourth-order valence-electron chi connectivity index (χ4n) is 0.833. The Labute approximate surface area is 88.2 Å². The predicted molar refractivity (Wildman–Crippen MR) is 54.9 cm³/mol. The highest BCUT2D eigenvalue weighted by Crippen LogP contribution is 2.04. The van der Waals surface area contributed by atoms with Gasteiger partial charge in [-0.3, -0.25) is 0 Å². The molecule has 0 heterocycles. The van der Waals surface area contributed by atoms with E-state index in [2.05, 4.69) is 12.5 Å². The molecular weight excluding hydrogens is 196 g/mol. The third kappa shape index (κ3) is 7.08. The third-order valence-electron chi connectivity index (χ3n) is 1.42. The normalized spacial score (nSPS) is 11.7. The Kier molecular flexibility index (Phi) is 6.39. The van der Waals surface area contributed by atoms with E-state index in [4.69, 9.17) is 16.3 Å². The number of hydrogen-bond donors (Lipinski definition) is 1. The molecule has 1 atom stereocenters. The van der Waals surface area contributed by atoms with E-state index >= 15 is 0 Å². The summed E-state index contributed by atoms with van der Waals surface area (Å²) >= 11 is 0. The van der Waals surface area contributed by atoms with Gasteiger partial charge < -0.3 is 9.84 Å². The van der Waals surface area contributed by atoms with Crippen molar-refractivity contribution in [1.29, 1.82) is 0 Å². The van der Waals surface area contributed by atoms with Crippen LogP contribution in [-0.4, -0.2) is 23.1 Å². The van der Waals surface area contributed by atoms with Crippen LogP contribution in [0.15, 0.2) is 24.8 Å². The molecule has 4 nitrogen and oxygen atoms in total. The summed E-state index contributed by atoms with van der Waals surface area (Å²) in [5.41, 5.74) is 0. The molecule has 0 aliphatic rings. The molecular formula is C11H12O4. The van der Waals surface area contributed by atoms with Crippen molar-refractivity contribution in [2.75, 3.05) is 0 Å². The third-order valence-corrected chi connectivity index (χ3v) is 1.42. The molecule has 0 aliphatic heterocycles. The van der Waals surface area contributed by atoms with Crippen LogP contribution in [0.5, 0.6) is 0 Å². The number of carboxylic acid groups (broad SMARTS) is 1. The van der Waals surface area contributed by atoms with Gasteiger partial charge in [-0.05, 0) is 0 Å². The zero-order valence-electron chi connectivity index (χ0n) is 8.18. The van der Waals surface area contributed by atoms with Crippen molar-refractivity contribution in [3.8, 4) is 12.3 Å². The smallest absolute Gasteiger partial charge is 0.331 e. The summed E-state index contributed by atoms with van der Waals surface area (Å²) in [6, 6.07) is 0. The molecule has 0 aromatic heterocycles. The first-order valence-electron chi connectivity index (χ1n) is 4.26. The Morgan fingerprint density at radius 2 is 2.20 bits per heavy atom. The van der Waals surface area contributed by atoms with Crippen LogP contribution in [0.4, 0.5) is 0 Å². The van der Waals surface area contributed by atoms with E-state index in [0.717, 1.165) is 6.08 Å². The lowest BCUT2D eigenvalue weighted by Crippen LogP contribution is -2.15. The first-order valence-corrected chi connectivity index (χ1v) is 4.26. The van der Waals surface area contributed by atoms with Crippen molar-refractivity contribution in [2.24, 2.45) is 0 Å². The number of terminal acetylenes is 1. The van der Waals surface area contributed by atoms with Gasteiger partial charge in [0.05, 0.1) is 0 Å². The highest BCUT2D eigenvalue weighted by atomic mass is 16.5. The van der Waals surface area contributed by atoms with Crippen LogP contribution < -0.4 is 0 Å². The van der Waals surface area contributed by atoms with Crippen LogP contribution in [0.1, 0.15) is 12.8 Å². The Morgan fingerprint density at radius 3 is 2.67 bits per heavy atom. The molecule has 0 spiro atoms. The topological polar surface area (TPSA) is 63.6 Å². The molecule has 0 saturated heterocycles. The summed E-state index contributed by atoms with van der Waals surface area (Å²) in [6.45, 7) is 3.49. The van der Waals surface area contributed by atoms with Gasteiger partial charge in [-0.25, -0.2) is 9.59 Å². The molecule has 0 aromatic rings. The van der Waals surface area contributed by atoms with Crippen LogP contribution in [-0.2, 0) is 14.3 Å². The largest absolute Gasteiger partial charge is 0.478 e. The van der Waals surface area contributed by atoms with Gasteiger partial charge >= 0.3 is 11.9 Å². The van der Waals surface area contributed by atoms with Gasteiger partial charge in [-0.15, -0.1) is 18.9 Å².